The number of halogens is 1. The van der Waals surface area contributed by atoms with E-state index in [0.29, 0.717) is 18.9 Å². The summed E-state index contributed by atoms with van der Waals surface area (Å²) < 4.78 is 13.0. The molecule has 1 nitrogen and oxygen atoms in total. The van der Waals surface area contributed by atoms with E-state index < -0.39 is 6.17 Å². The van der Waals surface area contributed by atoms with Gasteiger partial charge in [-0.3, -0.25) is 0 Å². The van der Waals surface area contributed by atoms with Crippen molar-refractivity contribution in [3.63, 3.8) is 0 Å². The van der Waals surface area contributed by atoms with Crippen molar-refractivity contribution in [3.05, 3.63) is 0 Å². The fourth-order valence-electron chi connectivity index (χ4n) is 1.56. The molecule has 2 heteroatoms. The Morgan fingerprint density at radius 3 is 2.64 bits per heavy atom. The predicted octanol–water partition coefficient (Wildman–Crippen LogP) is 2.11. The van der Waals surface area contributed by atoms with Crippen molar-refractivity contribution >= 4 is 0 Å². The van der Waals surface area contributed by atoms with Gasteiger partial charge in [0.05, 0.1) is 0 Å². The van der Waals surface area contributed by atoms with Crippen LogP contribution in [-0.2, 0) is 0 Å². The van der Waals surface area contributed by atoms with Crippen LogP contribution in [0.5, 0.6) is 0 Å². The highest BCUT2D eigenvalue weighted by molar-refractivity contribution is 4.80. The third kappa shape index (κ3) is 3.19. The molecule has 2 atom stereocenters. The fraction of sp³-hybridized carbons (Fsp3) is 1.00. The molecule has 11 heavy (non-hydrogen) atoms. The van der Waals surface area contributed by atoms with Gasteiger partial charge < -0.3 is 5.73 Å². The Bertz CT molecular complexity index is 112. The molecule has 1 rings (SSSR count). The maximum atomic E-state index is 13.0. The molecule has 1 aliphatic carbocycles. The highest BCUT2D eigenvalue weighted by Gasteiger charge is 2.29. The molecule has 0 aromatic rings. The molecule has 66 valence electrons. The van der Waals surface area contributed by atoms with E-state index in [2.05, 4.69) is 6.92 Å². The molecule has 1 saturated carbocycles. The third-order valence-corrected chi connectivity index (χ3v) is 2.53. The van der Waals surface area contributed by atoms with Crippen LogP contribution in [0.2, 0.25) is 0 Å². The molecule has 0 aliphatic heterocycles. The maximum Gasteiger partial charge on any atom is 0.102 e. The maximum absolute atomic E-state index is 13.0. The summed E-state index contributed by atoms with van der Waals surface area (Å²) in [7, 11) is 0. The van der Waals surface area contributed by atoms with Crippen LogP contribution >= 0.6 is 0 Å². The van der Waals surface area contributed by atoms with Crippen molar-refractivity contribution in [1.82, 2.24) is 0 Å². The van der Waals surface area contributed by atoms with Gasteiger partial charge in [0.25, 0.3) is 0 Å². The monoisotopic (exact) mass is 159 g/mol. The van der Waals surface area contributed by atoms with E-state index in [1.54, 1.807) is 0 Å². The number of hydrogen-bond acceptors (Lipinski definition) is 1. The summed E-state index contributed by atoms with van der Waals surface area (Å²) in [5.41, 5.74) is 5.26. The van der Waals surface area contributed by atoms with Crippen LogP contribution in [0.15, 0.2) is 0 Å². The first-order valence-electron chi connectivity index (χ1n) is 4.58. The molecule has 0 heterocycles. The van der Waals surface area contributed by atoms with Crippen LogP contribution in [0.3, 0.4) is 0 Å². The first-order chi connectivity index (χ1) is 5.24. The third-order valence-electron chi connectivity index (χ3n) is 2.53. The molecule has 1 fully saturated rings. The van der Waals surface area contributed by atoms with Crippen molar-refractivity contribution in [2.24, 2.45) is 17.6 Å². The van der Waals surface area contributed by atoms with E-state index in [1.807, 2.05) is 0 Å². The zero-order valence-electron chi connectivity index (χ0n) is 7.22. The quantitative estimate of drug-likeness (QED) is 0.653. The molecular formula is C9H18FN. The second-order valence-corrected chi connectivity index (χ2v) is 3.73. The van der Waals surface area contributed by atoms with E-state index in [0.717, 1.165) is 12.3 Å². The Morgan fingerprint density at radius 2 is 2.18 bits per heavy atom. The Kier molecular flexibility index (Phi) is 3.31. The van der Waals surface area contributed by atoms with Crippen LogP contribution in [0.4, 0.5) is 4.39 Å². The summed E-state index contributed by atoms with van der Waals surface area (Å²) in [6, 6.07) is 0. The van der Waals surface area contributed by atoms with Crippen molar-refractivity contribution in [2.45, 2.75) is 38.8 Å². The lowest BCUT2D eigenvalue weighted by atomic mass is 9.98. The molecule has 0 bridgehead atoms. The Hall–Kier alpha value is -0.110. The minimum atomic E-state index is -0.657. The zero-order valence-corrected chi connectivity index (χ0v) is 7.22. The van der Waals surface area contributed by atoms with Gasteiger partial charge in [0.2, 0.25) is 0 Å². The van der Waals surface area contributed by atoms with Gasteiger partial charge in [-0.25, -0.2) is 4.39 Å². The summed E-state index contributed by atoms with van der Waals surface area (Å²) >= 11 is 0. The first kappa shape index (κ1) is 8.98. The average molecular weight is 159 g/mol. The van der Waals surface area contributed by atoms with Gasteiger partial charge in [-0.05, 0) is 44.1 Å². The Balaban J connectivity index is 2.07. The lowest BCUT2D eigenvalue weighted by Crippen LogP contribution is -2.13. The highest BCUT2D eigenvalue weighted by atomic mass is 19.1. The Labute approximate surface area is 68.2 Å². The van der Waals surface area contributed by atoms with Gasteiger partial charge in [-0.1, -0.05) is 6.92 Å². The van der Waals surface area contributed by atoms with E-state index >= 15 is 0 Å². The molecule has 1 aliphatic rings. The number of hydrogen-bond donors (Lipinski definition) is 1. The minimum Gasteiger partial charge on any atom is -0.330 e. The molecule has 0 saturated heterocycles. The summed E-state index contributed by atoms with van der Waals surface area (Å²) in [5, 5.41) is 0. The van der Waals surface area contributed by atoms with Crippen molar-refractivity contribution in [3.8, 4) is 0 Å². The van der Waals surface area contributed by atoms with Crippen LogP contribution in [0.1, 0.15) is 32.6 Å². The zero-order chi connectivity index (χ0) is 8.27. The predicted molar refractivity (Wildman–Crippen MR) is 45.1 cm³/mol. The molecule has 2 N–H and O–H groups in total. The largest absolute Gasteiger partial charge is 0.330 e. The second-order valence-electron chi connectivity index (χ2n) is 3.73. The van der Waals surface area contributed by atoms with Crippen molar-refractivity contribution in [1.29, 1.82) is 0 Å². The fourth-order valence-corrected chi connectivity index (χ4v) is 1.56. The minimum absolute atomic E-state index is 0.485. The van der Waals surface area contributed by atoms with E-state index in [-0.39, 0.29) is 0 Å². The van der Waals surface area contributed by atoms with Gasteiger partial charge in [0, 0.05) is 0 Å². The van der Waals surface area contributed by atoms with Crippen LogP contribution < -0.4 is 5.73 Å². The lowest BCUT2D eigenvalue weighted by Gasteiger charge is -2.12. The summed E-state index contributed by atoms with van der Waals surface area (Å²) in [6.07, 6.45) is 3.24. The van der Waals surface area contributed by atoms with Crippen molar-refractivity contribution in [2.75, 3.05) is 6.54 Å². The van der Waals surface area contributed by atoms with E-state index in [9.17, 15) is 4.39 Å². The number of rotatable bonds is 5. The lowest BCUT2D eigenvalue weighted by molar-refractivity contribution is 0.252. The summed E-state index contributed by atoms with van der Waals surface area (Å²) in [6.45, 7) is 2.64. The summed E-state index contributed by atoms with van der Waals surface area (Å²) in [5.74, 6) is 1.41. The van der Waals surface area contributed by atoms with Gasteiger partial charge >= 0.3 is 0 Å². The highest BCUT2D eigenvalue weighted by Crippen LogP contribution is 2.39. The van der Waals surface area contributed by atoms with Gasteiger partial charge in [0.15, 0.2) is 0 Å². The smallest absolute Gasteiger partial charge is 0.102 e. The van der Waals surface area contributed by atoms with Gasteiger partial charge in [-0.15, -0.1) is 0 Å². The molecule has 0 aromatic heterocycles. The van der Waals surface area contributed by atoms with Crippen LogP contribution in [0, 0.1) is 11.8 Å². The molecule has 0 radical (unpaired) electrons. The topological polar surface area (TPSA) is 26.0 Å². The molecule has 0 spiro atoms. The second kappa shape index (κ2) is 4.05. The normalized spacial score (nSPS) is 23.2. The molecule has 0 aromatic carbocycles. The average Bonchev–Trinajstić information content (AvgIpc) is 2.67. The van der Waals surface area contributed by atoms with Crippen molar-refractivity contribution < 1.29 is 4.39 Å². The van der Waals surface area contributed by atoms with E-state index in [4.69, 9.17) is 5.73 Å². The molecular weight excluding hydrogens is 141 g/mol. The van der Waals surface area contributed by atoms with Gasteiger partial charge in [0.1, 0.15) is 6.17 Å². The number of alkyl halides is 1. The van der Waals surface area contributed by atoms with E-state index in [1.165, 1.54) is 12.8 Å². The number of nitrogens with two attached hydrogens (primary N) is 1. The SMILES string of the molecule is CC(CC(F)CCN)C1CC1. The van der Waals surface area contributed by atoms with Crippen LogP contribution in [0.25, 0.3) is 0 Å². The standard InChI is InChI=1S/C9H18FN/c1-7(8-2-3-8)6-9(10)4-5-11/h7-9H,2-6,11H2,1H3. The first-order valence-corrected chi connectivity index (χ1v) is 4.58. The molecule has 0 amide bonds. The summed E-state index contributed by atoms with van der Waals surface area (Å²) in [4.78, 5) is 0. The molecule has 2 unspecified atom stereocenters. The van der Waals surface area contributed by atoms with Crippen LogP contribution in [-0.4, -0.2) is 12.7 Å². The Morgan fingerprint density at radius 1 is 1.55 bits per heavy atom. The van der Waals surface area contributed by atoms with Gasteiger partial charge in [-0.2, -0.15) is 0 Å².